The number of amidine groups is 1. The van der Waals surface area contributed by atoms with E-state index in [4.69, 9.17) is 10.1 Å². The molecule has 0 aromatic carbocycles. The van der Waals surface area contributed by atoms with Gasteiger partial charge in [0.25, 0.3) is 5.91 Å². The summed E-state index contributed by atoms with van der Waals surface area (Å²) in [5, 5.41) is 29.8. The average Bonchev–Trinajstić information content (AvgIpc) is 2.60. The number of carbonyl (C=O) groups excluding carboxylic acids is 2. The Labute approximate surface area is 140 Å². The molecule has 2 unspecified atom stereocenters. The number of nitrogens with one attached hydrogen (secondary N) is 2. The Bertz CT molecular complexity index is 582. The first-order chi connectivity index (χ1) is 11.5. The SMILES string of the molecule is CN=N/N=C(\C)NC(=O)C(=N)C(=O)C(=CO)C1CCCCC1OC. The molecule has 3 N–H and O–H groups in total. The van der Waals surface area contributed by atoms with E-state index in [0.29, 0.717) is 12.7 Å². The number of hydrogen-bond acceptors (Lipinski definition) is 7. The maximum atomic E-state index is 12.4. The van der Waals surface area contributed by atoms with Crippen LogP contribution in [0.25, 0.3) is 0 Å². The van der Waals surface area contributed by atoms with Gasteiger partial charge in [-0.2, -0.15) is 5.11 Å². The van der Waals surface area contributed by atoms with Crippen LogP contribution in [0.1, 0.15) is 32.6 Å². The van der Waals surface area contributed by atoms with Crippen LogP contribution in [0.15, 0.2) is 27.3 Å². The minimum Gasteiger partial charge on any atom is -0.515 e. The standard InChI is InChI=1S/C15H23N5O4/c1-9(19-20-17-2)18-15(23)13(16)14(22)11(8-21)10-6-4-5-7-12(10)24-3/h8,10,12,16,21H,4-7H2,1-3H3,(H,17,18,19,23). The van der Waals surface area contributed by atoms with Crippen LogP contribution in [0.2, 0.25) is 0 Å². The summed E-state index contributed by atoms with van der Waals surface area (Å²) >= 11 is 0. The van der Waals surface area contributed by atoms with Crippen molar-refractivity contribution in [3.63, 3.8) is 0 Å². The predicted molar refractivity (Wildman–Crippen MR) is 88.2 cm³/mol. The number of amides is 1. The van der Waals surface area contributed by atoms with Crippen molar-refractivity contribution in [1.29, 1.82) is 5.41 Å². The topological polar surface area (TPSA) is 137 Å². The lowest BCUT2D eigenvalue weighted by atomic mass is 9.79. The molecule has 1 rings (SSSR count). The number of ether oxygens (including phenoxy) is 1. The van der Waals surface area contributed by atoms with Crippen molar-refractivity contribution in [2.45, 2.75) is 38.7 Å². The molecule has 9 nitrogen and oxygen atoms in total. The van der Waals surface area contributed by atoms with E-state index in [-0.39, 0.29) is 23.4 Å². The molecule has 0 spiro atoms. The molecule has 1 saturated carbocycles. The van der Waals surface area contributed by atoms with Crippen molar-refractivity contribution in [2.75, 3.05) is 14.2 Å². The Morgan fingerprint density at radius 1 is 1.33 bits per heavy atom. The minimum absolute atomic E-state index is 0.0181. The van der Waals surface area contributed by atoms with Gasteiger partial charge in [-0.15, -0.1) is 5.10 Å². The normalized spacial score (nSPS) is 22.5. The van der Waals surface area contributed by atoms with Crippen molar-refractivity contribution < 1.29 is 19.4 Å². The molecule has 132 valence electrons. The van der Waals surface area contributed by atoms with E-state index in [2.05, 4.69) is 20.8 Å². The fourth-order valence-electron chi connectivity index (χ4n) is 2.67. The first kappa shape index (κ1) is 19.6. The third kappa shape index (κ3) is 5.05. The van der Waals surface area contributed by atoms with Gasteiger partial charge in [-0.3, -0.25) is 15.0 Å². The lowest BCUT2D eigenvalue weighted by Crippen LogP contribution is -2.41. The Kier molecular flexibility index (Phi) is 7.90. The number of aliphatic hydroxyl groups excluding tert-OH is 1. The zero-order valence-corrected chi connectivity index (χ0v) is 14.1. The van der Waals surface area contributed by atoms with Gasteiger partial charge < -0.3 is 15.2 Å². The zero-order chi connectivity index (χ0) is 18.1. The summed E-state index contributed by atoms with van der Waals surface area (Å²) < 4.78 is 5.37. The molecule has 0 aromatic rings. The van der Waals surface area contributed by atoms with Crippen LogP contribution in [0, 0.1) is 11.3 Å². The lowest BCUT2D eigenvalue weighted by molar-refractivity contribution is -0.116. The highest BCUT2D eigenvalue weighted by Crippen LogP contribution is 2.32. The second-order valence-electron chi connectivity index (χ2n) is 5.38. The smallest absolute Gasteiger partial charge is 0.278 e. The monoisotopic (exact) mass is 337 g/mol. The van der Waals surface area contributed by atoms with Crippen molar-refractivity contribution in [3.05, 3.63) is 11.8 Å². The number of carbonyl (C=O) groups is 2. The van der Waals surface area contributed by atoms with Gasteiger partial charge in [-0.1, -0.05) is 12.8 Å². The molecule has 1 aliphatic rings. The predicted octanol–water partition coefficient (Wildman–Crippen LogP) is 1.75. The van der Waals surface area contributed by atoms with E-state index in [1.807, 2.05) is 0 Å². The fourth-order valence-corrected chi connectivity index (χ4v) is 2.67. The van der Waals surface area contributed by atoms with E-state index in [9.17, 15) is 14.7 Å². The molecule has 24 heavy (non-hydrogen) atoms. The molecule has 0 bridgehead atoms. The number of hydrogen-bond donors (Lipinski definition) is 3. The number of rotatable bonds is 6. The first-order valence-electron chi connectivity index (χ1n) is 7.61. The molecule has 0 radical (unpaired) electrons. The van der Waals surface area contributed by atoms with E-state index < -0.39 is 17.4 Å². The highest BCUT2D eigenvalue weighted by Gasteiger charge is 2.34. The largest absolute Gasteiger partial charge is 0.515 e. The van der Waals surface area contributed by atoms with E-state index in [0.717, 1.165) is 19.3 Å². The van der Waals surface area contributed by atoms with Crippen LogP contribution < -0.4 is 5.32 Å². The summed E-state index contributed by atoms with van der Waals surface area (Å²) in [5.41, 5.74) is -0.761. The van der Waals surface area contributed by atoms with Crippen molar-refractivity contribution in [1.82, 2.24) is 5.32 Å². The number of aliphatic hydroxyl groups is 1. The van der Waals surface area contributed by atoms with E-state index in [1.54, 1.807) is 7.11 Å². The molecule has 0 saturated heterocycles. The van der Waals surface area contributed by atoms with Gasteiger partial charge in [-0.25, -0.2) is 0 Å². The third-order valence-corrected chi connectivity index (χ3v) is 3.84. The van der Waals surface area contributed by atoms with Crippen LogP contribution in [0.3, 0.4) is 0 Å². The summed E-state index contributed by atoms with van der Waals surface area (Å²) in [6.45, 7) is 1.45. The third-order valence-electron chi connectivity index (χ3n) is 3.84. The van der Waals surface area contributed by atoms with Gasteiger partial charge in [0, 0.05) is 18.6 Å². The molecule has 0 aromatic heterocycles. The number of ketones is 1. The molecular weight excluding hydrogens is 314 g/mol. The Balaban J connectivity index is 2.85. The number of methoxy groups -OCH3 is 1. The first-order valence-corrected chi connectivity index (χ1v) is 7.61. The zero-order valence-electron chi connectivity index (χ0n) is 14.1. The second-order valence-corrected chi connectivity index (χ2v) is 5.38. The summed E-state index contributed by atoms with van der Waals surface area (Å²) in [6, 6.07) is 0. The molecule has 2 atom stereocenters. The lowest BCUT2D eigenvalue weighted by Gasteiger charge is -2.31. The van der Waals surface area contributed by atoms with Gasteiger partial charge >= 0.3 is 0 Å². The summed E-state index contributed by atoms with van der Waals surface area (Å²) in [4.78, 5) is 24.4. The second kappa shape index (κ2) is 9.66. The summed E-state index contributed by atoms with van der Waals surface area (Å²) in [7, 11) is 2.96. The highest BCUT2D eigenvalue weighted by atomic mass is 16.5. The van der Waals surface area contributed by atoms with Crippen LogP contribution in [-0.2, 0) is 14.3 Å². The van der Waals surface area contributed by atoms with Crippen LogP contribution in [0.5, 0.6) is 0 Å². The maximum Gasteiger partial charge on any atom is 0.278 e. The van der Waals surface area contributed by atoms with E-state index in [1.165, 1.54) is 14.0 Å². The quantitative estimate of drug-likeness (QED) is 0.129. The number of Topliss-reactive ketones (excluding diaryl/α,β-unsaturated/α-hetero) is 1. The molecule has 1 fully saturated rings. The van der Waals surface area contributed by atoms with Crippen LogP contribution in [-0.4, -0.2) is 48.6 Å². The average molecular weight is 337 g/mol. The Morgan fingerprint density at radius 2 is 2.00 bits per heavy atom. The van der Waals surface area contributed by atoms with Gasteiger partial charge in [0.05, 0.1) is 19.4 Å². The van der Waals surface area contributed by atoms with Crippen LogP contribution >= 0.6 is 0 Å². The number of nitrogens with zero attached hydrogens (tertiary/aromatic N) is 3. The minimum atomic E-state index is -0.920. The molecule has 0 heterocycles. The van der Waals surface area contributed by atoms with Crippen molar-refractivity contribution in [2.24, 2.45) is 21.4 Å². The Hall–Kier alpha value is -2.42. The fraction of sp³-hybridized carbons (Fsp3) is 0.600. The molecule has 1 aliphatic carbocycles. The van der Waals surface area contributed by atoms with Gasteiger partial charge in [0.2, 0.25) is 5.78 Å². The Morgan fingerprint density at radius 3 is 2.58 bits per heavy atom. The molecular formula is C15H23N5O4. The molecule has 1 amide bonds. The van der Waals surface area contributed by atoms with Crippen molar-refractivity contribution >= 4 is 23.2 Å². The van der Waals surface area contributed by atoms with E-state index >= 15 is 0 Å². The maximum absolute atomic E-state index is 12.4. The highest BCUT2D eigenvalue weighted by molar-refractivity contribution is 6.68. The van der Waals surface area contributed by atoms with Gasteiger partial charge in [0.15, 0.2) is 5.71 Å². The summed E-state index contributed by atoms with van der Waals surface area (Å²) in [6.07, 6.45) is 3.75. The van der Waals surface area contributed by atoms with Gasteiger partial charge in [0.1, 0.15) is 5.84 Å². The van der Waals surface area contributed by atoms with Crippen LogP contribution in [0.4, 0.5) is 0 Å². The molecule has 9 heteroatoms. The van der Waals surface area contributed by atoms with Gasteiger partial charge in [-0.05, 0) is 25.0 Å². The molecule has 0 aliphatic heterocycles. The van der Waals surface area contributed by atoms with Crippen molar-refractivity contribution in [3.8, 4) is 0 Å². The summed E-state index contributed by atoms with van der Waals surface area (Å²) in [5.74, 6) is -1.98.